The Morgan fingerprint density at radius 2 is 2.05 bits per heavy atom. The lowest BCUT2D eigenvalue weighted by molar-refractivity contribution is 0.350. The topological polar surface area (TPSA) is 38.0 Å². The van der Waals surface area contributed by atoms with Crippen LogP contribution in [0.3, 0.4) is 0 Å². The van der Waals surface area contributed by atoms with Gasteiger partial charge in [0.2, 0.25) is 0 Å². The van der Waals surface area contributed by atoms with Gasteiger partial charge in [-0.3, -0.25) is 4.68 Å². The molecule has 4 heteroatoms. The third-order valence-corrected chi connectivity index (χ3v) is 2.71. The van der Waals surface area contributed by atoms with Crippen molar-refractivity contribution in [3.05, 3.63) is 52.6 Å². The lowest BCUT2D eigenvalue weighted by Crippen LogP contribution is -2.04. The first-order valence-corrected chi connectivity index (χ1v) is 5.99. The first kappa shape index (κ1) is 13.3. The minimum absolute atomic E-state index is 0.233. The SMILES string of the molecule is Cc1cc(C)n(Cc2cc(F)cc(C#CCO)c2)n1. The van der Waals surface area contributed by atoms with Crippen molar-refractivity contribution < 1.29 is 9.50 Å². The van der Waals surface area contributed by atoms with Gasteiger partial charge in [-0.15, -0.1) is 0 Å². The zero-order valence-electron chi connectivity index (χ0n) is 10.9. The van der Waals surface area contributed by atoms with E-state index in [1.807, 2.05) is 30.7 Å². The summed E-state index contributed by atoms with van der Waals surface area (Å²) in [7, 11) is 0. The summed E-state index contributed by atoms with van der Waals surface area (Å²) in [6.45, 7) is 4.16. The molecule has 0 amide bonds. The number of hydrogen-bond donors (Lipinski definition) is 1. The quantitative estimate of drug-likeness (QED) is 0.837. The third kappa shape index (κ3) is 3.43. The predicted molar refractivity (Wildman–Crippen MR) is 71.2 cm³/mol. The molecule has 0 aliphatic rings. The first-order valence-electron chi connectivity index (χ1n) is 5.99. The van der Waals surface area contributed by atoms with Gasteiger partial charge in [-0.25, -0.2) is 4.39 Å². The van der Waals surface area contributed by atoms with Crippen molar-refractivity contribution in [2.24, 2.45) is 0 Å². The molecule has 0 spiro atoms. The molecule has 98 valence electrons. The Morgan fingerprint density at radius 1 is 1.26 bits per heavy atom. The van der Waals surface area contributed by atoms with E-state index in [1.165, 1.54) is 12.1 Å². The molecule has 0 saturated carbocycles. The van der Waals surface area contributed by atoms with Gasteiger partial charge in [0.05, 0.1) is 12.2 Å². The molecule has 19 heavy (non-hydrogen) atoms. The molecule has 0 bridgehead atoms. The fourth-order valence-corrected chi connectivity index (χ4v) is 1.96. The summed E-state index contributed by atoms with van der Waals surface area (Å²) in [5.74, 6) is 4.89. The molecule has 0 aliphatic carbocycles. The van der Waals surface area contributed by atoms with Crippen LogP contribution in [0.1, 0.15) is 22.5 Å². The van der Waals surface area contributed by atoms with Crippen LogP contribution in [0.4, 0.5) is 4.39 Å². The second kappa shape index (κ2) is 5.68. The number of nitrogens with zero attached hydrogens (tertiary/aromatic N) is 2. The normalized spacial score (nSPS) is 10.1. The highest BCUT2D eigenvalue weighted by atomic mass is 19.1. The van der Waals surface area contributed by atoms with Gasteiger partial charge in [0, 0.05) is 11.3 Å². The lowest BCUT2D eigenvalue weighted by Gasteiger charge is -2.05. The Kier molecular flexibility index (Phi) is 3.98. The maximum Gasteiger partial charge on any atom is 0.124 e. The van der Waals surface area contributed by atoms with Crippen LogP contribution in [0, 0.1) is 31.5 Å². The standard InChI is InChI=1S/C15H15FN2O/c1-11-6-12(2)18(17-11)10-14-7-13(4-3-5-19)8-15(16)9-14/h6-9,19H,5,10H2,1-2H3. The molecule has 0 saturated heterocycles. The molecular weight excluding hydrogens is 243 g/mol. The highest BCUT2D eigenvalue weighted by Crippen LogP contribution is 2.12. The van der Waals surface area contributed by atoms with E-state index in [2.05, 4.69) is 16.9 Å². The average molecular weight is 258 g/mol. The molecule has 0 radical (unpaired) electrons. The summed E-state index contributed by atoms with van der Waals surface area (Å²) in [4.78, 5) is 0. The number of halogens is 1. The van der Waals surface area contributed by atoms with Crippen molar-refractivity contribution in [3.8, 4) is 11.8 Å². The van der Waals surface area contributed by atoms with E-state index in [4.69, 9.17) is 5.11 Å². The van der Waals surface area contributed by atoms with E-state index in [0.29, 0.717) is 12.1 Å². The smallest absolute Gasteiger partial charge is 0.124 e. The van der Waals surface area contributed by atoms with E-state index in [-0.39, 0.29) is 12.4 Å². The fourth-order valence-electron chi connectivity index (χ4n) is 1.96. The Balaban J connectivity index is 2.30. The van der Waals surface area contributed by atoms with Crippen LogP contribution in [-0.2, 0) is 6.54 Å². The number of rotatable bonds is 2. The van der Waals surface area contributed by atoms with Crippen molar-refractivity contribution in [1.29, 1.82) is 0 Å². The molecular formula is C15H15FN2O. The molecule has 0 aliphatic heterocycles. The first-order chi connectivity index (χ1) is 9.08. The summed E-state index contributed by atoms with van der Waals surface area (Å²) < 4.78 is 15.3. The van der Waals surface area contributed by atoms with Crippen LogP contribution in [0.25, 0.3) is 0 Å². The van der Waals surface area contributed by atoms with Crippen LogP contribution < -0.4 is 0 Å². The molecule has 1 N–H and O–H groups in total. The number of hydrogen-bond acceptors (Lipinski definition) is 2. The minimum Gasteiger partial charge on any atom is -0.384 e. The summed E-state index contributed by atoms with van der Waals surface area (Å²) in [6.07, 6.45) is 0. The van der Waals surface area contributed by atoms with E-state index in [9.17, 15) is 4.39 Å². The van der Waals surface area contributed by atoms with E-state index in [0.717, 1.165) is 17.0 Å². The molecule has 2 aromatic rings. The number of aromatic nitrogens is 2. The van der Waals surface area contributed by atoms with Gasteiger partial charge in [-0.1, -0.05) is 11.8 Å². The summed E-state index contributed by atoms with van der Waals surface area (Å²) in [5.41, 5.74) is 3.33. The van der Waals surface area contributed by atoms with Crippen molar-refractivity contribution in [1.82, 2.24) is 9.78 Å². The van der Waals surface area contributed by atoms with Crippen molar-refractivity contribution in [2.75, 3.05) is 6.61 Å². The molecule has 1 aromatic carbocycles. The molecule has 2 rings (SSSR count). The monoisotopic (exact) mass is 258 g/mol. The van der Waals surface area contributed by atoms with Gasteiger partial charge in [0.25, 0.3) is 0 Å². The average Bonchev–Trinajstić information content (AvgIpc) is 2.64. The lowest BCUT2D eigenvalue weighted by atomic mass is 10.1. The Morgan fingerprint density at radius 3 is 2.68 bits per heavy atom. The molecule has 0 atom stereocenters. The van der Waals surface area contributed by atoms with E-state index < -0.39 is 0 Å². The fraction of sp³-hybridized carbons (Fsp3) is 0.267. The van der Waals surface area contributed by atoms with Gasteiger partial charge < -0.3 is 5.11 Å². The number of benzene rings is 1. The second-order valence-corrected chi connectivity index (χ2v) is 4.39. The highest BCUT2D eigenvalue weighted by Gasteiger charge is 2.04. The van der Waals surface area contributed by atoms with Gasteiger partial charge in [0.15, 0.2) is 0 Å². The zero-order chi connectivity index (χ0) is 13.8. The van der Waals surface area contributed by atoms with E-state index >= 15 is 0 Å². The van der Waals surface area contributed by atoms with Gasteiger partial charge in [0.1, 0.15) is 12.4 Å². The van der Waals surface area contributed by atoms with Crippen LogP contribution in [0.5, 0.6) is 0 Å². The van der Waals surface area contributed by atoms with Gasteiger partial charge in [-0.05, 0) is 43.7 Å². The summed E-state index contributed by atoms with van der Waals surface area (Å²) in [6, 6.07) is 6.61. The van der Waals surface area contributed by atoms with Crippen LogP contribution in [0.2, 0.25) is 0 Å². The maximum absolute atomic E-state index is 13.5. The van der Waals surface area contributed by atoms with Crippen molar-refractivity contribution in [2.45, 2.75) is 20.4 Å². The molecule has 1 heterocycles. The third-order valence-electron chi connectivity index (χ3n) is 2.71. The Hall–Kier alpha value is -2.12. The molecule has 1 aromatic heterocycles. The summed E-state index contributed by atoms with van der Waals surface area (Å²) >= 11 is 0. The van der Waals surface area contributed by atoms with Crippen LogP contribution >= 0.6 is 0 Å². The minimum atomic E-state index is -0.332. The molecule has 3 nitrogen and oxygen atoms in total. The van der Waals surface area contributed by atoms with Crippen LogP contribution in [-0.4, -0.2) is 21.5 Å². The largest absolute Gasteiger partial charge is 0.384 e. The number of aliphatic hydroxyl groups excluding tert-OH is 1. The van der Waals surface area contributed by atoms with Gasteiger partial charge >= 0.3 is 0 Å². The summed E-state index contributed by atoms with van der Waals surface area (Å²) in [5, 5.41) is 13.0. The highest BCUT2D eigenvalue weighted by molar-refractivity contribution is 5.38. The zero-order valence-corrected chi connectivity index (χ0v) is 10.9. The second-order valence-electron chi connectivity index (χ2n) is 4.39. The molecule has 0 fully saturated rings. The number of aryl methyl sites for hydroxylation is 2. The maximum atomic E-state index is 13.5. The number of aliphatic hydroxyl groups is 1. The Bertz CT molecular complexity index is 650. The molecule has 0 unspecified atom stereocenters. The van der Waals surface area contributed by atoms with Gasteiger partial charge in [-0.2, -0.15) is 5.10 Å². The van der Waals surface area contributed by atoms with Crippen molar-refractivity contribution >= 4 is 0 Å². The Labute approximate surface area is 111 Å². The predicted octanol–water partition coefficient (Wildman–Crippen LogP) is 2.03. The van der Waals surface area contributed by atoms with Crippen molar-refractivity contribution in [3.63, 3.8) is 0 Å². The van der Waals surface area contributed by atoms with E-state index in [1.54, 1.807) is 0 Å². The van der Waals surface area contributed by atoms with Crippen LogP contribution in [0.15, 0.2) is 24.3 Å².